The number of hydrogen-bond acceptors (Lipinski definition) is 4. The Morgan fingerprint density at radius 2 is 1.79 bits per heavy atom. The highest BCUT2D eigenvalue weighted by Crippen LogP contribution is 2.39. The molecule has 0 saturated carbocycles. The van der Waals surface area contributed by atoms with Crippen molar-refractivity contribution in [2.45, 2.75) is 39.8 Å². The lowest BCUT2D eigenvalue weighted by Crippen LogP contribution is -2.30. The molecule has 0 saturated heterocycles. The molecule has 0 bridgehead atoms. The Morgan fingerprint density at radius 1 is 1.03 bits per heavy atom. The number of alkyl halides is 3. The molecule has 4 aromatic rings. The number of fused-ring (bicyclic) bond motifs is 4. The zero-order valence-corrected chi connectivity index (χ0v) is 18.8. The van der Waals surface area contributed by atoms with Gasteiger partial charge in [0.05, 0.1) is 5.52 Å². The van der Waals surface area contributed by atoms with E-state index in [-0.39, 0.29) is 5.78 Å². The zero-order valence-electron chi connectivity index (χ0n) is 18.8. The molecule has 0 atom stereocenters. The summed E-state index contributed by atoms with van der Waals surface area (Å²) >= 11 is 0. The Bertz CT molecular complexity index is 1490. The van der Waals surface area contributed by atoms with Gasteiger partial charge in [-0.1, -0.05) is 24.0 Å². The minimum atomic E-state index is -4.43. The Labute approximate surface area is 193 Å². The molecule has 3 heterocycles. The maximum atomic E-state index is 15.0. The van der Waals surface area contributed by atoms with Gasteiger partial charge in [0.1, 0.15) is 22.9 Å². The minimum absolute atomic E-state index is 0.278. The van der Waals surface area contributed by atoms with E-state index in [0.29, 0.717) is 41.1 Å². The lowest BCUT2D eigenvalue weighted by molar-refractivity contribution is -0.190. The Kier molecular flexibility index (Phi) is 5.01. The average Bonchev–Trinajstić information content (AvgIpc) is 3.16. The van der Waals surface area contributed by atoms with Crippen LogP contribution >= 0.6 is 0 Å². The quantitative estimate of drug-likeness (QED) is 0.264. The standard InChI is InChI=1S/C25H21F4N5/c1-15-31-32-23-30-22(18-8-5-10-19(26)21(18)34(15)23)33-14-6-9-17-16(7-4-11-20(17)33)12-13-24(2,3)25(27,28)29/h4-5,7-8,10-11H,6,9,14H2,1-3H3. The van der Waals surface area contributed by atoms with Gasteiger partial charge >= 0.3 is 6.18 Å². The number of halogens is 4. The van der Waals surface area contributed by atoms with Crippen LogP contribution in [0.2, 0.25) is 0 Å². The zero-order chi connectivity index (χ0) is 24.3. The molecular formula is C25H21F4N5. The first-order valence-electron chi connectivity index (χ1n) is 10.9. The summed E-state index contributed by atoms with van der Waals surface area (Å²) in [6, 6.07) is 10.2. The minimum Gasteiger partial charge on any atom is -0.325 e. The molecule has 0 N–H and O–H groups in total. The van der Waals surface area contributed by atoms with Crippen LogP contribution in [0.3, 0.4) is 0 Å². The van der Waals surface area contributed by atoms with E-state index in [1.807, 2.05) is 11.0 Å². The Morgan fingerprint density at radius 3 is 2.56 bits per heavy atom. The van der Waals surface area contributed by atoms with Crippen LogP contribution in [0, 0.1) is 30.0 Å². The van der Waals surface area contributed by atoms with Crippen LogP contribution in [0.4, 0.5) is 29.1 Å². The van der Waals surface area contributed by atoms with E-state index in [2.05, 4.69) is 22.0 Å². The van der Waals surface area contributed by atoms with Crippen LogP contribution in [-0.2, 0) is 6.42 Å². The number of rotatable bonds is 1. The molecule has 9 heteroatoms. The van der Waals surface area contributed by atoms with Crippen LogP contribution in [-0.4, -0.2) is 32.3 Å². The first-order valence-corrected chi connectivity index (χ1v) is 10.9. The molecule has 174 valence electrons. The predicted molar refractivity (Wildman–Crippen MR) is 121 cm³/mol. The first kappa shape index (κ1) is 22.1. The van der Waals surface area contributed by atoms with Gasteiger partial charge in [-0.05, 0) is 63.4 Å². The van der Waals surface area contributed by atoms with Crippen molar-refractivity contribution < 1.29 is 17.6 Å². The van der Waals surface area contributed by atoms with Gasteiger partial charge in [-0.25, -0.2) is 4.39 Å². The van der Waals surface area contributed by atoms with E-state index in [1.54, 1.807) is 35.6 Å². The molecule has 0 aliphatic carbocycles. The summed E-state index contributed by atoms with van der Waals surface area (Å²) in [5, 5.41) is 8.75. The third kappa shape index (κ3) is 3.45. The third-order valence-corrected chi connectivity index (χ3v) is 6.19. The van der Waals surface area contributed by atoms with E-state index >= 15 is 0 Å². The van der Waals surface area contributed by atoms with Crippen LogP contribution in [0.1, 0.15) is 37.2 Å². The van der Waals surface area contributed by atoms with Crippen molar-refractivity contribution in [2.75, 3.05) is 11.4 Å². The predicted octanol–water partition coefficient (Wildman–Crippen LogP) is 5.75. The average molecular weight is 467 g/mol. The van der Waals surface area contributed by atoms with Crippen LogP contribution < -0.4 is 4.90 Å². The number of aryl methyl sites for hydroxylation is 1. The van der Waals surface area contributed by atoms with E-state index < -0.39 is 17.4 Å². The van der Waals surface area contributed by atoms with Crippen molar-refractivity contribution in [1.29, 1.82) is 0 Å². The third-order valence-electron chi connectivity index (χ3n) is 6.19. The largest absolute Gasteiger partial charge is 0.404 e. The van der Waals surface area contributed by atoms with Crippen molar-refractivity contribution in [2.24, 2.45) is 5.41 Å². The molecule has 34 heavy (non-hydrogen) atoms. The topological polar surface area (TPSA) is 46.3 Å². The SMILES string of the molecule is Cc1nnc2nc(N3CCCc4c(C#CC(C)(C)C(F)(F)F)cccc43)c3cccc(F)c3n12. The van der Waals surface area contributed by atoms with Crippen molar-refractivity contribution in [3.63, 3.8) is 0 Å². The van der Waals surface area contributed by atoms with Crippen molar-refractivity contribution in [1.82, 2.24) is 19.6 Å². The lowest BCUT2D eigenvalue weighted by Gasteiger charge is -2.32. The van der Waals surface area contributed by atoms with Gasteiger partial charge in [0.15, 0.2) is 0 Å². The van der Waals surface area contributed by atoms with E-state index in [9.17, 15) is 17.6 Å². The second-order valence-corrected chi connectivity index (χ2v) is 8.89. The van der Waals surface area contributed by atoms with Gasteiger partial charge in [-0.3, -0.25) is 4.40 Å². The Hall–Kier alpha value is -3.67. The summed E-state index contributed by atoms with van der Waals surface area (Å²) in [6.45, 7) is 4.49. The number of benzene rings is 2. The van der Waals surface area contributed by atoms with Crippen LogP contribution in [0.15, 0.2) is 36.4 Å². The van der Waals surface area contributed by atoms with Gasteiger partial charge in [0.25, 0.3) is 5.78 Å². The number of hydrogen-bond donors (Lipinski definition) is 0. The molecule has 2 aromatic heterocycles. The fraction of sp³-hybridized carbons (Fsp3) is 0.320. The first-order chi connectivity index (χ1) is 16.1. The normalized spacial score (nSPS) is 14.3. The maximum absolute atomic E-state index is 15.0. The highest BCUT2D eigenvalue weighted by molar-refractivity contribution is 5.94. The molecule has 5 rings (SSSR count). The fourth-order valence-electron chi connectivity index (χ4n) is 4.23. The van der Waals surface area contributed by atoms with Gasteiger partial charge in [-0.2, -0.15) is 18.2 Å². The van der Waals surface area contributed by atoms with Gasteiger partial charge in [0.2, 0.25) is 0 Å². The second-order valence-electron chi connectivity index (χ2n) is 8.89. The van der Waals surface area contributed by atoms with Gasteiger partial charge < -0.3 is 4.90 Å². The van der Waals surface area contributed by atoms with Crippen molar-refractivity contribution in [3.05, 3.63) is 59.2 Å². The Balaban J connectivity index is 1.69. The molecule has 0 radical (unpaired) electrons. The highest BCUT2D eigenvalue weighted by atomic mass is 19.4. The summed E-state index contributed by atoms with van der Waals surface area (Å²) in [6.07, 6.45) is -3.02. The van der Waals surface area contributed by atoms with Crippen molar-refractivity contribution in [3.8, 4) is 11.8 Å². The lowest BCUT2D eigenvalue weighted by atomic mass is 9.91. The summed E-state index contributed by atoms with van der Waals surface area (Å²) in [7, 11) is 0. The molecule has 0 amide bonds. The van der Waals surface area contributed by atoms with E-state index in [0.717, 1.165) is 31.5 Å². The van der Waals surface area contributed by atoms with E-state index in [1.165, 1.54) is 6.07 Å². The molecule has 1 aliphatic rings. The van der Waals surface area contributed by atoms with Gasteiger partial charge in [-0.15, -0.1) is 10.2 Å². The summed E-state index contributed by atoms with van der Waals surface area (Å²) < 4.78 is 56.5. The summed E-state index contributed by atoms with van der Waals surface area (Å²) in [5.74, 6) is 6.08. The second kappa shape index (κ2) is 7.69. The molecule has 0 spiro atoms. The number of nitrogens with zero attached hydrogens (tertiary/aromatic N) is 5. The summed E-state index contributed by atoms with van der Waals surface area (Å²) in [5.41, 5.74) is 0.398. The fourth-order valence-corrected chi connectivity index (χ4v) is 4.23. The van der Waals surface area contributed by atoms with Crippen molar-refractivity contribution >= 4 is 28.2 Å². The smallest absolute Gasteiger partial charge is 0.325 e. The highest BCUT2D eigenvalue weighted by Gasteiger charge is 2.46. The van der Waals surface area contributed by atoms with E-state index in [4.69, 9.17) is 4.98 Å². The molecular weight excluding hydrogens is 446 g/mol. The maximum Gasteiger partial charge on any atom is 0.404 e. The number of aromatic nitrogens is 4. The molecule has 2 aromatic carbocycles. The molecule has 0 unspecified atom stereocenters. The van der Waals surface area contributed by atoms with Crippen LogP contribution in [0.5, 0.6) is 0 Å². The monoisotopic (exact) mass is 467 g/mol. The molecule has 1 aliphatic heterocycles. The van der Waals surface area contributed by atoms with Crippen LogP contribution in [0.25, 0.3) is 16.7 Å². The molecule has 0 fully saturated rings. The summed E-state index contributed by atoms with van der Waals surface area (Å²) in [4.78, 5) is 6.66. The number of para-hydroxylation sites is 1. The number of anilines is 2. The molecule has 5 nitrogen and oxygen atoms in total. The van der Waals surface area contributed by atoms with Gasteiger partial charge in [0, 0.05) is 23.2 Å².